The maximum Gasteiger partial charge on any atom is 0.311 e. The van der Waals surface area contributed by atoms with E-state index in [1.54, 1.807) is 0 Å². The lowest BCUT2D eigenvalue weighted by Crippen LogP contribution is -2.73. The maximum atomic E-state index is 13.1. The van der Waals surface area contributed by atoms with Crippen LogP contribution in [0.5, 0.6) is 0 Å². The second-order valence-corrected chi connectivity index (χ2v) is 10.3. The highest BCUT2D eigenvalue weighted by Gasteiger charge is 2.89. The van der Waals surface area contributed by atoms with Crippen molar-refractivity contribution < 1.29 is 14.3 Å². The summed E-state index contributed by atoms with van der Waals surface area (Å²) in [5.74, 6) is 0.532. The molecule has 0 N–H and O–H groups in total. The molecule has 6 rings (SSSR count). The molecule has 1 saturated heterocycles. The average molecular weight is 381 g/mol. The van der Waals surface area contributed by atoms with Crippen molar-refractivity contribution in [2.75, 3.05) is 6.61 Å². The molecule has 1 aromatic rings. The van der Waals surface area contributed by atoms with Gasteiger partial charge in [-0.2, -0.15) is 0 Å². The number of hydrogen-bond acceptors (Lipinski definition) is 4. The zero-order valence-corrected chi connectivity index (χ0v) is 16.4. The molecule has 1 heterocycles. The van der Waals surface area contributed by atoms with E-state index < -0.39 is 0 Å². The van der Waals surface area contributed by atoms with Crippen LogP contribution in [0, 0.1) is 17.3 Å². The third-order valence-electron chi connectivity index (χ3n) is 8.31. The third-order valence-corrected chi connectivity index (χ3v) is 10.4. The van der Waals surface area contributed by atoms with Crippen molar-refractivity contribution in [2.45, 2.75) is 54.4 Å². The number of Topliss-reactive ketones (excluding diaryl/α,β-unsaturated/α-hetero) is 1. The van der Waals surface area contributed by atoms with Crippen molar-refractivity contribution >= 4 is 29.6 Å². The molecule has 5 aliphatic rings. The quantitative estimate of drug-likeness (QED) is 0.723. The fourth-order valence-corrected chi connectivity index (χ4v) is 10.3. The van der Waals surface area contributed by atoms with Crippen molar-refractivity contribution in [3.05, 3.63) is 41.5 Å². The van der Waals surface area contributed by atoms with E-state index >= 15 is 0 Å². The Labute approximate surface area is 163 Å². The Bertz CT molecular complexity index is 907. The summed E-state index contributed by atoms with van der Waals surface area (Å²) in [4.78, 5) is 26.1. The smallest absolute Gasteiger partial charge is 0.311 e. The van der Waals surface area contributed by atoms with Crippen molar-refractivity contribution in [3.63, 3.8) is 0 Å². The maximum absolute atomic E-state index is 13.1. The normalized spacial score (nSPS) is 45.4. The number of ether oxygens (including phenoxy) is 1. The monoisotopic (exact) mass is 380 g/mol. The molecule has 3 nitrogen and oxygen atoms in total. The van der Waals surface area contributed by atoms with Gasteiger partial charge in [0, 0.05) is 17.3 Å². The Morgan fingerprint density at radius 1 is 1.30 bits per heavy atom. The number of fused-ring (bicyclic) bond motifs is 1. The summed E-state index contributed by atoms with van der Waals surface area (Å²) in [6, 6.07) is 8.70. The standard InChI is InChI=1S/C23H24O3S/c1-2-26-20(25)18-16-10-12-21-11-5-8-17(24)19(21)27-22(18)13-9-14-6-3-4-7-15(14)23(16,21)22/h3-4,6-7,9,13,16,18-19H,2,5,8,10-12H2,1H3/t16-,18+,19+,21+,22+,23+/m0/s1. The lowest BCUT2D eigenvalue weighted by Gasteiger charge is -2.67. The Balaban J connectivity index is 1.63. The molecule has 0 aromatic heterocycles. The molecule has 1 aromatic carbocycles. The number of benzene rings is 1. The Morgan fingerprint density at radius 2 is 2.15 bits per heavy atom. The molecular formula is C23H24O3S. The van der Waals surface area contributed by atoms with Crippen LogP contribution in [0.15, 0.2) is 30.3 Å². The van der Waals surface area contributed by atoms with Crippen molar-refractivity contribution in [1.29, 1.82) is 0 Å². The van der Waals surface area contributed by atoms with E-state index in [9.17, 15) is 9.59 Å². The van der Waals surface area contributed by atoms with Gasteiger partial charge in [-0.1, -0.05) is 36.4 Å². The van der Waals surface area contributed by atoms with E-state index in [4.69, 9.17) is 4.74 Å². The number of ketones is 1. The first-order chi connectivity index (χ1) is 13.1. The summed E-state index contributed by atoms with van der Waals surface area (Å²) in [6.45, 7) is 2.30. The van der Waals surface area contributed by atoms with Gasteiger partial charge in [-0.3, -0.25) is 9.59 Å². The molecule has 4 heteroatoms. The topological polar surface area (TPSA) is 43.4 Å². The fourth-order valence-electron chi connectivity index (χ4n) is 7.83. The van der Waals surface area contributed by atoms with Crippen LogP contribution in [-0.2, 0) is 19.7 Å². The molecule has 27 heavy (non-hydrogen) atoms. The highest BCUT2D eigenvalue weighted by Crippen LogP contribution is 2.87. The van der Waals surface area contributed by atoms with E-state index in [0.717, 1.165) is 25.7 Å². The van der Waals surface area contributed by atoms with Gasteiger partial charge in [0.25, 0.3) is 0 Å². The van der Waals surface area contributed by atoms with Crippen LogP contribution in [0.4, 0.5) is 0 Å². The van der Waals surface area contributed by atoms with Crippen LogP contribution >= 0.6 is 11.8 Å². The van der Waals surface area contributed by atoms with E-state index in [2.05, 4.69) is 36.4 Å². The van der Waals surface area contributed by atoms with E-state index in [-0.39, 0.29) is 32.7 Å². The first-order valence-electron chi connectivity index (χ1n) is 10.3. The van der Waals surface area contributed by atoms with Crippen LogP contribution in [0.25, 0.3) is 6.08 Å². The molecule has 0 bridgehead atoms. The van der Waals surface area contributed by atoms with Crippen LogP contribution in [0.2, 0.25) is 0 Å². The van der Waals surface area contributed by atoms with Crippen LogP contribution in [0.1, 0.15) is 50.2 Å². The van der Waals surface area contributed by atoms with Gasteiger partial charge >= 0.3 is 5.97 Å². The zero-order valence-electron chi connectivity index (χ0n) is 15.6. The minimum Gasteiger partial charge on any atom is -0.466 e. The summed E-state index contributed by atoms with van der Waals surface area (Å²) in [6.07, 6.45) is 9.41. The summed E-state index contributed by atoms with van der Waals surface area (Å²) in [7, 11) is 0. The van der Waals surface area contributed by atoms with Crippen molar-refractivity contribution in [3.8, 4) is 0 Å². The van der Waals surface area contributed by atoms with Crippen molar-refractivity contribution in [1.82, 2.24) is 0 Å². The molecule has 0 amide bonds. The molecule has 1 aliphatic heterocycles. The van der Waals surface area contributed by atoms with Crippen molar-refractivity contribution in [2.24, 2.45) is 17.3 Å². The molecule has 3 saturated carbocycles. The number of hydrogen-bond donors (Lipinski definition) is 0. The van der Waals surface area contributed by atoms with E-state index in [1.165, 1.54) is 11.1 Å². The fraction of sp³-hybridized carbons (Fsp3) is 0.565. The molecule has 0 radical (unpaired) electrons. The molecule has 0 unspecified atom stereocenters. The van der Waals surface area contributed by atoms with Gasteiger partial charge in [-0.25, -0.2) is 0 Å². The third kappa shape index (κ3) is 1.51. The van der Waals surface area contributed by atoms with Crippen LogP contribution in [0.3, 0.4) is 0 Å². The summed E-state index contributed by atoms with van der Waals surface area (Å²) in [5, 5.41) is 0.0338. The van der Waals surface area contributed by atoms with Gasteiger partial charge in [0.2, 0.25) is 0 Å². The second-order valence-electron chi connectivity index (χ2n) is 8.87. The largest absolute Gasteiger partial charge is 0.466 e. The molecule has 4 fully saturated rings. The van der Waals surface area contributed by atoms with Crippen LogP contribution < -0.4 is 0 Å². The van der Waals surface area contributed by atoms with Gasteiger partial charge in [0.15, 0.2) is 0 Å². The molecule has 6 atom stereocenters. The predicted molar refractivity (Wildman–Crippen MR) is 105 cm³/mol. The number of carbonyl (C=O) groups excluding carboxylic acids is 2. The Kier molecular flexibility index (Phi) is 3.09. The average Bonchev–Trinajstić information content (AvgIpc) is 3.04. The predicted octanol–water partition coefficient (Wildman–Crippen LogP) is 4.15. The zero-order chi connectivity index (χ0) is 18.4. The second kappa shape index (κ2) is 5.08. The number of esters is 1. The highest BCUT2D eigenvalue weighted by molar-refractivity contribution is 8.02. The van der Waals surface area contributed by atoms with Crippen LogP contribution in [-0.4, -0.2) is 28.4 Å². The highest BCUT2D eigenvalue weighted by atomic mass is 32.2. The molecule has 2 spiro atoms. The lowest BCUT2D eigenvalue weighted by molar-refractivity contribution is -0.164. The first kappa shape index (κ1) is 16.4. The molecule has 140 valence electrons. The van der Waals surface area contributed by atoms with Gasteiger partial charge in [0.05, 0.1) is 22.5 Å². The van der Waals surface area contributed by atoms with E-state index in [1.807, 2.05) is 18.7 Å². The Hall–Kier alpha value is -1.55. The number of carbonyl (C=O) groups is 2. The van der Waals surface area contributed by atoms with Gasteiger partial charge in [0.1, 0.15) is 5.78 Å². The minimum atomic E-state index is -0.306. The SMILES string of the molecule is CCOC(=O)[C@H]1[C@@H]2CC[C@]34CCCC(=O)[C@H]3S[C@]13C=Cc1ccccc1[C@@]243. The number of thioether (sulfide) groups is 1. The van der Waals surface area contributed by atoms with E-state index in [0.29, 0.717) is 24.7 Å². The first-order valence-corrected chi connectivity index (χ1v) is 11.2. The summed E-state index contributed by atoms with van der Waals surface area (Å²) >= 11 is 1.82. The Morgan fingerprint density at radius 3 is 3.00 bits per heavy atom. The lowest BCUT2D eigenvalue weighted by atomic mass is 9.36. The van der Waals surface area contributed by atoms with Gasteiger partial charge in [-0.15, -0.1) is 11.8 Å². The number of rotatable bonds is 2. The molecule has 4 aliphatic carbocycles. The van der Waals surface area contributed by atoms with Gasteiger partial charge < -0.3 is 4.74 Å². The molecular weight excluding hydrogens is 356 g/mol. The van der Waals surface area contributed by atoms with Gasteiger partial charge in [-0.05, 0) is 49.7 Å². The summed E-state index contributed by atoms with van der Waals surface area (Å²) in [5.41, 5.74) is 2.61. The minimum absolute atomic E-state index is 0.0154. The summed E-state index contributed by atoms with van der Waals surface area (Å²) < 4.78 is 5.23.